The van der Waals surface area contributed by atoms with Crippen LogP contribution in [-0.2, 0) is 0 Å². The van der Waals surface area contributed by atoms with E-state index in [2.05, 4.69) is 5.18 Å². The summed E-state index contributed by atoms with van der Waals surface area (Å²) in [6.07, 6.45) is 5.56. The summed E-state index contributed by atoms with van der Waals surface area (Å²) in [6, 6.07) is 0.211. The Hall–Kier alpha value is -0.440. The van der Waals surface area contributed by atoms with Gasteiger partial charge < -0.3 is 5.73 Å². The van der Waals surface area contributed by atoms with Crippen molar-refractivity contribution in [3.63, 3.8) is 0 Å². The minimum absolute atomic E-state index is 0.187. The van der Waals surface area contributed by atoms with E-state index >= 15 is 0 Å². The third-order valence-electron chi connectivity index (χ3n) is 4.00. The smallest absolute Gasteiger partial charge is 0.108 e. The zero-order valence-electron chi connectivity index (χ0n) is 8.20. The third kappa shape index (κ3) is 1.21. The molecule has 0 aromatic rings. The third-order valence-corrected chi connectivity index (χ3v) is 4.00. The number of hydrogen-bond donors (Lipinski definition) is 1. The van der Waals surface area contributed by atoms with Gasteiger partial charge >= 0.3 is 0 Å². The van der Waals surface area contributed by atoms with E-state index in [1.54, 1.807) is 0 Å². The molecule has 13 heavy (non-hydrogen) atoms. The summed E-state index contributed by atoms with van der Waals surface area (Å²) in [7, 11) is 0. The van der Waals surface area contributed by atoms with Crippen molar-refractivity contribution < 1.29 is 0 Å². The molecular weight excluding hydrogens is 164 g/mol. The van der Waals surface area contributed by atoms with Crippen molar-refractivity contribution in [1.82, 2.24) is 0 Å². The first kappa shape index (κ1) is 9.13. The number of nitrogens with zero attached hydrogens (tertiary/aromatic N) is 1. The first-order valence-corrected chi connectivity index (χ1v) is 5.29. The van der Waals surface area contributed by atoms with E-state index in [1.807, 2.05) is 6.92 Å². The van der Waals surface area contributed by atoms with Crippen LogP contribution in [0.1, 0.15) is 39.0 Å². The van der Waals surface area contributed by atoms with E-state index < -0.39 is 0 Å². The van der Waals surface area contributed by atoms with Crippen LogP contribution >= 0.6 is 0 Å². The SMILES string of the molecule is CC(N)CC1CCC2CCC21N=O. The van der Waals surface area contributed by atoms with E-state index in [4.69, 9.17) is 5.73 Å². The van der Waals surface area contributed by atoms with Gasteiger partial charge in [0.25, 0.3) is 0 Å². The molecule has 2 N–H and O–H groups in total. The highest BCUT2D eigenvalue weighted by atomic mass is 16.3. The molecule has 0 aromatic heterocycles. The van der Waals surface area contributed by atoms with Crippen molar-refractivity contribution in [2.24, 2.45) is 22.7 Å². The molecule has 0 saturated heterocycles. The minimum Gasteiger partial charge on any atom is -0.328 e. The Labute approximate surface area is 79.0 Å². The van der Waals surface area contributed by atoms with Gasteiger partial charge in [0.2, 0.25) is 0 Å². The second-order valence-corrected chi connectivity index (χ2v) is 4.81. The number of nitroso groups, excluding NO2 is 1. The van der Waals surface area contributed by atoms with Crippen LogP contribution < -0.4 is 5.73 Å². The van der Waals surface area contributed by atoms with Crippen molar-refractivity contribution in [2.45, 2.75) is 50.6 Å². The number of nitrogens with two attached hydrogens (primary N) is 1. The highest BCUT2D eigenvalue weighted by Crippen LogP contribution is 2.57. The molecule has 2 saturated carbocycles. The van der Waals surface area contributed by atoms with Crippen LogP contribution in [0.2, 0.25) is 0 Å². The lowest BCUT2D eigenvalue weighted by Crippen LogP contribution is -2.47. The van der Waals surface area contributed by atoms with Gasteiger partial charge in [-0.2, -0.15) is 4.91 Å². The normalized spacial score (nSPS) is 45.1. The lowest BCUT2D eigenvalue weighted by atomic mass is 9.65. The Morgan fingerprint density at radius 2 is 2.31 bits per heavy atom. The maximum absolute atomic E-state index is 10.9. The first-order chi connectivity index (χ1) is 6.19. The molecule has 0 spiro atoms. The Morgan fingerprint density at radius 1 is 1.54 bits per heavy atom. The fourth-order valence-corrected chi connectivity index (χ4v) is 3.19. The van der Waals surface area contributed by atoms with E-state index in [0.717, 1.165) is 19.3 Å². The molecule has 4 atom stereocenters. The van der Waals surface area contributed by atoms with Gasteiger partial charge in [0.05, 0.1) is 0 Å². The van der Waals surface area contributed by atoms with Gasteiger partial charge in [-0.05, 0) is 50.9 Å². The van der Waals surface area contributed by atoms with E-state index in [0.29, 0.717) is 11.8 Å². The number of hydrogen-bond acceptors (Lipinski definition) is 3. The second kappa shape index (κ2) is 3.05. The quantitative estimate of drug-likeness (QED) is 0.679. The Kier molecular flexibility index (Phi) is 2.14. The fraction of sp³-hybridized carbons (Fsp3) is 1.00. The van der Waals surface area contributed by atoms with Gasteiger partial charge in [-0.3, -0.25) is 0 Å². The standard InChI is InChI=1S/C10H18N2O/c1-7(11)6-9-3-2-8-4-5-10(8,9)12-13/h7-9H,2-6,11H2,1H3. The first-order valence-electron chi connectivity index (χ1n) is 5.29. The molecule has 4 unspecified atom stereocenters. The molecule has 2 rings (SSSR count). The number of fused-ring (bicyclic) bond motifs is 1. The average molecular weight is 182 g/mol. The van der Waals surface area contributed by atoms with Crippen LogP contribution in [0.15, 0.2) is 5.18 Å². The minimum atomic E-state index is -0.187. The summed E-state index contributed by atoms with van der Waals surface area (Å²) in [4.78, 5) is 10.9. The highest BCUT2D eigenvalue weighted by Gasteiger charge is 2.57. The van der Waals surface area contributed by atoms with Gasteiger partial charge in [0.15, 0.2) is 0 Å². The van der Waals surface area contributed by atoms with E-state index in [9.17, 15) is 4.91 Å². The predicted molar refractivity (Wildman–Crippen MR) is 52.2 cm³/mol. The van der Waals surface area contributed by atoms with E-state index in [1.165, 1.54) is 12.8 Å². The van der Waals surface area contributed by atoms with Crippen LogP contribution in [0.4, 0.5) is 0 Å². The Balaban J connectivity index is 2.07. The summed E-state index contributed by atoms with van der Waals surface area (Å²) in [5, 5.41) is 3.42. The summed E-state index contributed by atoms with van der Waals surface area (Å²) in [6.45, 7) is 2.02. The molecule has 2 aliphatic carbocycles. The van der Waals surface area contributed by atoms with Gasteiger partial charge in [0.1, 0.15) is 5.54 Å². The van der Waals surface area contributed by atoms with Crippen molar-refractivity contribution in [3.05, 3.63) is 4.91 Å². The molecule has 2 fully saturated rings. The van der Waals surface area contributed by atoms with Crippen LogP contribution in [0.25, 0.3) is 0 Å². The number of rotatable bonds is 3. The summed E-state index contributed by atoms with van der Waals surface area (Å²) in [5.74, 6) is 1.07. The lowest BCUT2D eigenvalue weighted by molar-refractivity contribution is 0.114. The zero-order chi connectivity index (χ0) is 9.47. The topological polar surface area (TPSA) is 55.4 Å². The molecular formula is C10H18N2O. The molecule has 74 valence electrons. The predicted octanol–water partition coefficient (Wildman–Crippen LogP) is 2.05. The van der Waals surface area contributed by atoms with Crippen molar-refractivity contribution in [3.8, 4) is 0 Å². The lowest BCUT2D eigenvalue weighted by Gasteiger charge is -2.42. The molecule has 0 heterocycles. The Bertz CT molecular complexity index is 217. The molecule has 0 radical (unpaired) electrons. The van der Waals surface area contributed by atoms with Crippen molar-refractivity contribution >= 4 is 0 Å². The van der Waals surface area contributed by atoms with Crippen LogP contribution in [0.3, 0.4) is 0 Å². The van der Waals surface area contributed by atoms with Crippen LogP contribution in [0.5, 0.6) is 0 Å². The summed E-state index contributed by atoms with van der Waals surface area (Å²) >= 11 is 0. The van der Waals surface area contributed by atoms with Crippen LogP contribution in [-0.4, -0.2) is 11.6 Å². The maximum Gasteiger partial charge on any atom is 0.108 e. The summed E-state index contributed by atoms with van der Waals surface area (Å²) < 4.78 is 0. The average Bonchev–Trinajstić information content (AvgIpc) is 2.23. The van der Waals surface area contributed by atoms with Crippen molar-refractivity contribution in [2.75, 3.05) is 0 Å². The van der Waals surface area contributed by atoms with Gasteiger partial charge in [-0.25, -0.2) is 0 Å². The van der Waals surface area contributed by atoms with Crippen LogP contribution in [0, 0.1) is 16.7 Å². The van der Waals surface area contributed by atoms with Crippen molar-refractivity contribution in [1.29, 1.82) is 0 Å². The molecule has 3 heteroatoms. The van der Waals surface area contributed by atoms with Gasteiger partial charge in [0, 0.05) is 6.04 Å². The highest BCUT2D eigenvalue weighted by molar-refractivity contribution is 5.11. The molecule has 0 amide bonds. The Morgan fingerprint density at radius 3 is 2.77 bits per heavy atom. The van der Waals surface area contributed by atoms with E-state index in [-0.39, 0.29) is 11.6 Å². The maximum atomic E-state index is 10.9. The van der Waals surface area contributed by atoms with Gasteiger partial charge in [-0.1, -0.05) is 5.18 Å². The fourth-order valence-electron chi connectivity index (χ4n) is 3.19. The molecule has 0 bridgehead atoms. The molecule has 0 aromatic carbocycles. The molecule has 0 aliphatic heterocycles. The largest absolute Gasteiger partial charge is 0.328 e. The zero-order valence-corrected chi connectivity index (χ0v) is 8.20. The second-order valence-electron chi connectivity index (χ2n) is 4.81. The monoisotopic (exact) mass is 182 g/mol. The van der Waals surface area contributed by atoms with Gasteiger partial charge in [-0.15, -0.1) is 0 Å². The summed E-state index contributed by atoms with van der Waals surface area (Å²) in [5.41, 5.74) is 5.59. The molecule has 2 aliphatic rings. The molecule has 3 nitrogen and oxygen atoms in total.